The van der Waals surface area contributed by atoms with Gasteiger partial charge in [0.05, 0.1) is 21.9 Å². The molecule has 3 aromatic rings. The molecule has 0 unspecified atom stereocenters. The molecule has 8 heteroatoms. The number of nitrogens with zero attached hydrogens (tertiary/aromatic N) is 2. The van der Waals surface area contributed by atoms with Gasteiger partial charge in [0.2, 0.25) is 0 Å². The zero-order valence-corrected chi connectivity index (χ0v) is 18.0. The molecule has 0 spiro atoms. The highest BCUT2D eigenvalue weighted by Crippen LogP contribution is 2.29. The van der Waals surface area contributed by atoms with Crippen LogP contribution in [-0.2, 0) is 14.9 Å². The van der Waals surface area contributed by atoms with Crippen molar-refractivity contribution in [3.05, 3.63) is 77.1 Å². The van der Waals surface area contributed by atoms with Crippen LogP contribution in [0.15, 0.2) is 74.6 Å². The minimum absolute atomic E-state index is 0.194. The smallest absolute Gasteiger partial charge is 0.294 e. The SMILES string of the molecule is CC1=NN(c2ccc(C)c(C)c2)C(=O)C1=Cc1ccc(-c2ccc(S(=O)(=O)O)cc2)o1. The summed E-state index contributed by atoms with van der Waals surface area (Å²) in [5, 5.41) is 5.78. The van der Waals surface area contributed by atoms with Crippen molar-refractivity contribution < 1.29 is 22.2 Å². The van der Waals surface area contributed by atoms with E-state index in [0.717, 1.165) is 11.1 Å². The van der Waals surface area contributed by atoms with E-state index in [4.69, 9.17) is 8.97 Å². The number of hydrogen-bond donors (Lipinski definition) is 1. The molecule has 1 N–H and O–H groups in total. The molecular weight excluding hydrogens is 416 g/mol. The van der Waals surface area contributed by atoms with Crippen molar-refractivity contribution in [1.29, 1.82) is 0 Å². The molecule has 0 fully saturated rings. The number of benzene rings is 2. The lowest BCUT2D eigenvalue weighted by Gasteiger charge is -2.13. The van der Waals surface area contributed by atoms with Gasteiger partial charge < -0.3 is 4.42 Å². The molecule has 31 heavy (non-hydrogen) atoms. The molecule has 0 saturated carbocycles. The van der Waals surface area contributed by atoms with Gasteiger partial charge in [0, 0.05) is 5.56 Å². The summed E-state index contributed by atoms with van der Waals surface area (Å²) in [6.45, 7) is 5.76. The Balaban J connectivity index is 1.60. The third kappa shape index (κ3) is 4.08. The molecule has 1 amide bonds. The van der Waals surface area contributed by atoms with E-state index in [-0.39, 0.29) is 10.8 Å². The maximum atomic E-state index is 12.9. The van der Waals surface area contributed by atoms with Crippen LogP contribution in [0.4, 0.5) is 5.69 Å². The number of amides is 1. The Labute approximate surface area is 180 Å². The van der Waals surface area contributed by atoms with E-state index < -0.39 is 10.1 Å². The number of hydrazone groups is 1. The molecule has 0 radical (unpaired) electrons. The van der Waals surface area contributed by atoms with Gasteiger partial charge in [0.15, 0.2) is 0 Å². The summed E-state index contributed by atoms with van der Waals surface area (Å²) in [4.78, 5) is 12.8. The Bertz CT molecular complexity index is 1350. The van der Waals surface area contributed by atoms with Gasteiger partial charge in [-0.05, 0) is 86.5 Å². The first-order chi connectivity index (χ1) is 14.6. The molecule has 1 aliphatic rings. The largest absolute Gasteiger partial charge is 0.457 e. The van der Waals surface area contributed by atoms with Crippen LogP contribution >= 0.6 is 0 Å². The van der Waals surface area contributed by atoms with Crippen LogP contribution in [0.2, 0.25) is 0 Å². The molecule has 0 saturated heterocycles. The number of anilines is 1. The Morgan fingerprint density at radius 1 is 0.968 bits per heavy atom. The van der Waals surface area contributed by atoms with Crippen molar-refractivity contribution in [2.75, 3.05) is 5.01 Å². The number of carbonyl (C=O) groups excluding carboxylic acids is 1. The maximum absolute atomic E-state index is 12.9. The van der Waals surface area contributed by atoms with Gasteiger partial charge in [0.1, 0.15) is 11.5 Å². The van der Waals surface area contributed by atoms with E-state index in [1.807, 2.05) is 32.0 Å². The molecule has 158 valence electrons. The van der Waals surface area contributed by atoms with Gasteiger partial charge in [-0.25, -0.2) is 0 Å². The first-order valence-corrected chi connectivity index (χ1v) is 10.9. The van der Waals surface area contributed by atoms with Gasteiger partial charge in [-0.15, -0.1) is 0 Å². The molecule has 0 atom stereocenters. The van der Waals surface area contributed by atoms with E-state index in [1.165, 1.54) is 29.3 Å². The standard InChI is InChI=1S/C23H20N2O5S/c1-14-4-7-18(12-15(14)2)25-23(26)21(16(3)24-25)13-19-8-11-22(30-19)17-5-9-20(10-6-17)31(27,28)29/h4-13H,1-3H3,(H,27,28,29). The zero-order chi connectivity index (χ0) is 22.3. The highest BCUT2D eigenvalue weighted by atomic mass is 32.2. The van der Waals surface area contributed by atoms with E-state index in [9.17, 15) is 13.2 Å². The van der Waals surface area contributed by atoms with E-state index >= 15 is 0 Å². The molecule has 1 aromatic heterocycles. The first kappa shape index (κ1) is 20.8. The third-order valence-electron chi connectivity index (χ3n) is 5.15. The van der Waals surface area contributed by atoms with Crippen molar-refractivity contribution in [1.82, 2.24) is 0 Å². The predicted octanol–water partition coefficient (Wildman–Crippen LogP) is 4.62. The van der Waals surface area contributed by atoms with E-state index in [0.29, 0.717) is 34.1 Å². The minimum Gasteiger partial charge on any atom is -0.457 e. The number of carbonyl (C=O) groups is 1. The highest BCUT2D eigenvalue weighted by molar-refractivity contribution is 7.85. The second-order valence-corrected chi connectivity index (χ2v) is 8.75. The summed E-state index contributed by atoms with van der Waals surface area (Å²) >= 11 is 0. The molecule has 0 aliphatic carbocycles. The molecular formula is C23H20N2O5S. The maximum Gasteiger partial charge on any atom is 0.294 e. The number of hydrogen-bond acceptors (Lipinski definition) is 5. The van der Waals surface area contributed by atoms with Crippen molar-refractivity contribution in [3.8, 4) is 11.3 Å². The first-order valence-electron chi connectivity index (χ1n) is 9.50. The summed E-state index contributed by atoms with van der Waals surface area (Å²) in [5.74, 6) is 0.727. The van der Waals surface area contributed by atoms with Crippen molar-refractivity contribution in [3.63, 3.8) is 0 Å². The number of furan rings is 1. The molecule has 0 bridgehead atoms. The normalized spacial score (nSPS) is 15.6. The molecule has 2 aromatic carbocycles. The fraction of sp³-hybridized carbons (Fsp3) is 0.130. The summed E-state index contributed by atoms with van der Waals surface area (Å²) in [6.07, 6.45) is 1.64. The van der Waals surface area contributed by atoms with Crippen LogP contribution in [0.25, 0.3) is 17.4 Å². The molecule has 7 nitrogen and oxygen atoms in total. The summed E-state index contributed by atoms with van der Waals surface area (Å²) in [7, 11) is -4.25. The second kappa shape index (κ2) is 7.64. The Morgan fingerprint density at radius 2 is 1.68 bits per heavy atom. The van der Waals surface area contributed by atoms with Crippen LogP contribution in [0.5, 0.6) is 0 Å². The van der Waals surface area contributed by atoms with Gasteiger partial charge in [-0.1, -0.05) is 6.07 Å². The Morgan fingerprint density at radius 3 is 2.32 bits per heavy atom. The minimum atomic E-state index is -4.25. The van der Waals surface area contributed by atoms with Crippen LogP contribution in [0.1, 0.15) is 23.8 Å². The van der Waals surface area contributed by atoms with Crippen molar-refractivity contribution >= 4 is 33.5 Å². The lowest BCUT2D eigenvalue weighted by molar-refractivity contribution is -0.114. The average molecular weight is 436 g/mol. The van der Waals surface area contributed by atoms with Crippen LogP contribution in [0, 0.1) is 13.8 Å². The summed E-state index contributed by atoms with van der Waals surface area (Å²) < 4.78 is 37.3. The monoisotopic (exact) mass is 436 g/mol. The number of aryl methyl sites for hydroxylation is 2. The van der Waals surface area contributed by atoms with E-state index in [1.54, 1.807) is 25.1 Å². The fourth-order valence-electron chi connectivity index (χ4n) is 3.24. The Kier molecular flexibility index (Phi) is 5.12. The van der Waals surface area contributed by atoms with Crippen molar-refractivity contribution in [2.24, 2.45) is 5.10 Å². The quantitative estimate of drug-likeness (QED) is 0.475. The lowest BCUT2D eigenvalue weighted by atomic mass is 10.1. The highest BCUT2D eigenvalue weighted by Gasteiger charge is 2.29. The van der Waals surface area contributed by atoms with Crippen LogP contribution in [-0.4, -0.2) is 24.6 Å². The molecule has 1 aliphatic heterocycles. The molecule has 2 heterocycles. The van der Waals surface area contributed by atoms with Gasteiger partial charge >= 0.3 is 0 Å². The predicted molar refractivity (Wildman–Crippen MR) is 118 cm³/mol. The van der Waals surface area contributed by atoms with Crippen LogP contribution in [0.3, 0.4) is 0 Å². The van der Waals surface area contributed by atoms with Gasteiger partial charge in [-0.3, -0.25) is 9.35 Å². The lowest BCUT2D eigenvalue weighted by Crippen LogP contribution is -2.21. The average Bonchev–Trinajstić information content (AvgIpc) is 3.30. The van der Waals surface area contributed by atoms with Crippen molar-refractivity contribution in [2.45, 2.75) is 25.7 Å². The molecule has 4 rings (SSSR count). The summed E-state index contributed by atoms with van der Waals surface area (Å²) in [6, 6.07) is 14.8. The third-order valence-corrected chi connectivity index (χ3v) is 6.02. The van der Waals surface area contributed by atoms with E-state index in [2.05, 4.69) is 5.10 Å². The van der Waals surface area contributed by atoms with Crippen LogP contribution < -0.4 is 5.01 Å². The fourth-order valence-corrected chi connectivity index (χ4v) is 3.72. The second-order valence-electron chi connectivity index (χ2n) is 7.33. The number of rotatable bonds is 4. The summed E-state index contributed by atoms with van der Waals surface area (Å²) in [5.41, 5.74) is 4.57. The Hall–Kier alpha value is -3.49. The zero-order valence-electron chi connectivity index (χ0n) is 17.2. The van der Waals surface area contributed by atoms with Gasteiger partial charge in [-0.2, -0.15) is 18.5 Å². The van der Waals surface area contributed by atoms with Gasteiger partial charge in [0.25, 0.3) is 16.0 Å². The topological polar surface area (TPSA) is 100 Å².